The van der Waals surface area contributed by atoms with Gasteiger partial charge in [0.1, 0.15) is 0 Å². The fourth-order valence-corrected chi connectivity index (χ4v) is 5.65. The summed E-state index contributed by atoms with van der Waals surface area (Å²) in [6.07, 6.45) is 15.0. The van der Waals surface area contributed by atoms with Crippen LogP contribution in [0.15, 0.2) is 79.4 Å². The number of carbonyl (C=O) groups is 1. The molecule has 3 aromatic rings. The van der Waals surface area contributed by atoms with Gasteiger partial charge < -0.3 is 43.2 Å². The molecular weight excluding hydrogens is 640 g/mol. The fraction of sp³-hybridized carbons (Fsp3) is 0.564. The monoisotopic (exact) mass is 707 g/mol. The van der Waals surface area contributed by atoms with Crippen LogP contribution in [0.1, 0.15) is 68.6 Å². The summed E-state index contributed by atoms with van der Waals surface area (Å²) < 4.78 is 4.86. The number of ether oxygens (including phenoxy) is 1. The number of benzene rings is 1. The maximum Gasteiger partial charge on any atom is 0.409 e. The van der Waals surface area contributed by atoms with Crippen LogP contribution in [0.4, 0.5) is 4.79 Å². The lowest BCUT2D eigenvalue weighted by Gasteiger charge is -2.29. The summed E-state index contributed by atoms with van der Waals surface area (Å²) in [4.78, 5) is 25.5. The van der Waals surface area contributed by atoms with E-state index < -0.39 is 0 Å². The molecule has 6 rings (SSSR count). The lowest BCUT2D eigenvalue weighted by Crippen LogP contribution is -2.43. The lowest BCUT2D eigenvalue weighted by molar-refractivity contribution is 0.0974. The number of hydrogen-bond donors (Lipinski definition) is 5. The van der Waals surface area contributed by atoms with Crippen LogP contribution >= 0.6 is 0 Å². The Morgan fingerprint density at radius 1 is 0.686 bits per heavy atom. The zero-order valence-corrected chi connectivity index (χ0v) is 31.0. The van der Waals surface area contributed by atoms with Crippen molar-refractivity contribution < 1.29 is 9.53 Å². The number of piperidine rings is 3. The van der Waals surface area contributed by atoms with E-state index in [0.717, 1.165) is 82.6 Å². The molecule has 12 heteroatoms. The molecule has 1 aromatic carbocycles. The number of nitrogens with zero attached hydrogens (tertiary/aromatic N) is 5. The first kappa shape index (κ1) is 43.7. The third kappa shape index (κ3) is 20.8. The van der Waals surface area contributed by atoms with Gasteiger partial charge in [0.25, 0.3) is 0 Å². The van der Waals surface area contributed by atoms with Gasteiger partial charge in [0, 0.05) is 82.7 Å². The van der Waals surface area contributed by atoms with Crippen molar-refractivity contribution in [2.45, 2.75) is 83.6 Å². The molecule has 0 aliphatic carbocycles. The molecular formula is C39H66N10O2. The van der Waals surface area contributed by atoms with Gasteiger partial charge in [-0.25, -0.2) is 4.79 Å². The average Bonchev–Trinajstić information content (AvgIpc) is 3.19. The van der Waals surface area contributed by atoms with E-state index in [1.54, 1.807) is 29.7 Å². The highest BCUT2D eigenvalue weighted by Gasteiger charge is 2.21. The topological polar surface area (TPSA) is 192 Å². The second kappa shape index (κ2) is 28.1. The summed E-state index contributed by atoms with van der Waals surface area (Å²) in [5, 5.41) is 0. The molecule has 12 nitrogen and oxygen atoms in total. The number of pyridine rings is 2. The highest BCUT2D eigenvalue weighted by molar-refractivity contribution is 5.67. The van der Waals surface area contributed by atoms with E-state index in [0.29, 0.717) is 25.7 Å². The van der Waals surface area contributed by atoms with Crippen LogP contribution in [0, 0.1) is 0 Å². The molecule has 3 aliphatic heterocycles. The molecule has 10 N–H and O–H groups in total. The number of carbonyl (C=O) groups excluding carboxylic acids is 1. The van der Waals surface area contributed by atoms with Crippen molar-refractivity contribution >= 4 is 6.09 Å². The minimum Gasteiger partial charge on any atom is -0.450 e. The number of hydrogen-bond acceptors (Lipinski definition) is 11. The van der Waals surface area contributed by atoms with Crippen molar-refractivity contribution in [2.24, 2.45) is 28.7 Å². The molecule has 3 fully saturated rings. The summed E-state index contributed by atoms with van der Waals surface area (Å²) in [6.45, 7) is 12.7. The molecule has 0 spiro atoms. The molecule has 0 bridgehead atoms. The van der Waals surface area contributed by atoms with Crippen molar-refractivity contribution in [3.8, 4) is 0 Å². The first-order valence-corrected chi connectivity index (χ1v) is 18.7. The van der Waals surface area contributed by atoms with Gasteiger partial charge in [0.15, 0.2) is 0 Å². The van der Waals surface area contributed by atoms with Crippen LogP contribution in [0.25, 0.3) is 0 Å². The molecule has 0 atom stereocenters. The molecule has 5 heterocycles. The van der Waals surface area contributed by atoms with Crippen LogP contribution in [-0.4, -0.2) is 102 Å². The van der Waals surface area contributed by atoms with Crippen molar-refractivity contribution in [1.82, 2.24) is 24.7 Å². The van der Waals surface area contributed by atoms with Crippen molar-refractivity contribution in [3.63, 3.8) is 0 Å². The number of nitrogens with two attached hydrogens (primary N) is 5. The summed E-state index contributed by atoms with van der Waals surface area (Å²) in [7, 11) is 0. The number of amides is 1. The Hall–Kier alpha value is -3.49. The maximum atomic E-state index is 11.2. The van der Waals surface area contributed by atoms with Gasteiger partial charge in [-0.15, -0.1) is 0 Å². The molecule has 0 unspecified atom stereocenters. The SMILES string of the molecule is CCOC(=O)N1CCC(N)CC1.NC1CCN(Cc2ccccc2)CC1.NCCN1CCCCC1.NCc1cccnc1.NCc1ccncc1. The zero-order chi connectivity index (χ0) is 36.9. The minimum absolute atomic E-state index is 0.204. The molecule has 0 radical (unpaired) electrons. The second-order valence-electron chi connectivity index (χ2n) is 12.9. The quantitative estimate of drug-likeness (QED) is 0.241. The van der Waals surface area contributed by atoms with Gasteiger partial charge in [0.2, 0.25) is 0 Å². The van der Waals surface area contributed by atoms with E-state index in [1.807, 2.05) is 31.2 Å². The Labute approximate surface area is 307 Å². The maximum absolute atomic E-state index is 11.2. The van der Waals surface area contributed by atoms with Gasteiger partial charge in [-0.3, -0.25) is 14.9 Å². The van der Waals surface area contributed by atoms with E-state index >= 15 is 0 Å². The van der Waals surface area contributed by atoms with Gasteiger partial charge in [-0.05, 0) is 107 Å². The molecule has 51 heavy (non-hydrogen) atoms. The fourth-order valence-electron chi connectivity index (χ4n) is 5.65. The molecule has 1 amide bonds. The van der Waals surface area contributed by atoms with E-state index in [-0.39, 0.29) is 12.1 Å². The zero-order valence-electron chi connectivity index (χ0n) is 31.0. The number of rotatable bonds is 7. The van der Waals surface area contributed by atoms with Crippen LogP contribution in [-0.2, 0) is 24.4 Å². The van der Waals surface area contributed by atoms with Crippen molar-refractivity contribution in [3.05, 3.63) is 96.1 Å². The second-order valence-corrected chi connectivity index (χ2v) is 12.9. The summed E-state index contributed by atoms with van der Waals surface area (Å²) in [5.41, 5.74) is 31.2. The van der Waals surface area contributed by atoms with Crippen LogP contribution < -0.4 is 28.7 Å². The summed E-state index contributed by atoms with van der Waals surface area (Å²) in [6, 6.07) is 19.0. The predicted molar refractivity (Wildman–Crippen MR) is 208 cm³/mol. The first-order chi connectivity index (χ1) is 24.9. The highest BCUT2D eigenvalue weighted by atomic mass is 16.6. The van der Waals surface area contributed by atoms with E-state index in [9.17, 15) is 4.79 Å². The van der Waals surface area contributed by atoms with E-state index in [2.05, 4.69) is 50.1 Å². The Morgan fingerprint density at radius 3 is 1.76 bits per heavy atom. The van der Waals surface area contributed by atoms with E-state index in [4.69, 9.17) is 33.4 Å². The molecule has 3 aliphatic rings. The molecule has 3 saturated heterocycles. The van der Waals surface area contributed by atoms with Gasteiger partial charge in [-0.2, -0.15) is 0 Å². The van der Waals surface area contributed by atoms with Gasteiger partial charge in [-0.1, -0.05) is 42.8 Å². The van der Waals surface area contributed by atoms with E-state index in [1.165, 1.54) is 37.9 Å². The lowest BCUT2D eigenvalue weighted by atomic mass is 10.1. The minimum atomic E-state index is -0.204. The number of aromatic nitrogens is 2. The molecule has 0 saturated carbocycles. The first-order valence-electron chi connectivity index (χ1n) is 18.7. The van der Waals surface area contributed by atoms with Crippen molar-refractivity contribution in [2.75, 3.05) is 59.0 Å². The Balaban J connectivity index is 0.000000225. The normalized spacial score (nSPS) is 16.8. The van der Waals surface area contributed by atoms with Gasteiger partial charge >= 0.3 is 6.09 Å². The van der Waals surface area contributed by atoms with Crippen LogP contribution in [0.5, 0.6) is 0 Å². The molecule has 2 aromatic heterocycles. The predicted octanol–water partition coefficient (Wildman–Crippen LogP) is 3.69. The average molecular weight is 707 g/mol. The van der Waals surface area contributed by atoms with Crippen LogP contribution in [0.3, 0.4) is 0 Å². The van der Waals surface area contributed by atoms with Crippen molar-refractivity contribution in [1.29, 1.82) is 0 Å². The Morgan fingerprint density at radius 2 is 1.27 bits per heavy atom. The Bertz CT molecular complexity index is 1180. The smallest absolute Gasteiger partial charge is 0.409 e. The third-order valence-electron chi connectivity index (χ3n) is 8.78. The standard InChI is InChI=1S/C12H18N2.C8H16N2O2.C7H16N2.2C6H8N2/c13-12-6-8-14(9-7-12)10-11-4-2-1-3-5-11;1-2-12-8(11)10-5-3-7(9)4-6-10;8-4-7-9-5-2-1-3-6-9;7-5-6-1-3-8-4-2-6;7-4-6-2-1-3-8-5-6/h1-5,12H,6-10,13H2;7H,2-6,9H2,1H3;1-8H2;1-4H,5,7H2;1-3,5H,4,7H2. The third-order valence-corrected chi connectivity index (χ3v) is 8.78. The molecule has 284 valence electrons. The summed E-state index contributed by atoms with van der Waals surface area (Å²) >= 11 is 0. The van der Waals surface area contributed by atoms with Crippen LogP contribution in [0.2, 0.25) is 0 Å². The Kier molecular flexibility index (Phi) is 24.1. The largest absolute Gasteiger partial charge is 0.450 e. The van der Waals surface area contributed by atoms with Gasteiger partial charge in [0.05, 0.1) is 6.61 Å². The highest BCUT2D eigenvalue weighted by Crippen LogP contribution is 2.12. The number of likely N-dealkylation sites (tertiary alicyclic amines) is 3. The summed E-state index contributed by atoms with van der Waals surface area (Å²) in [5.74, 6) is 0.